The summed E-state index contributed by atoms with van der Waals surface area (Å²) in [5.74, 6) is 0.845. The molecule has 3 aromatic rings. The number of rotatable bonds is 6. The number of hydrogen-bond donors (Lipinski definition) is 1. The van der Waals surface area contributed by atoms with Crippen molar-refractivity contribution in [2.75, 3.05) is 13.7 Å². The zero-order valence-electron chi connectivity index (χ0n) is 14.9. The van der Waals surface area contributed by atoms with E-state index in [1.807, 2.05) is 43.3 Å². The highest BCUT2D eigenvalue weighted by molar-refractivity contribution is 6.39. The number of methoxy groups -OCH3 is 1. The number of aromatic nitrogens is 1. The van der Waals surface area contributed by atoms with Crippen LogP contribution >= 0.6 is 23.2 Å². The number of carbonyl (C=O) groups is 1. The molecule has 0 saturated heterocycles. The number of fused-ring (bicyclic) bond motifs is 1. The van der Waals surface area contributed by atoms with E-state index < -0.39 is 0 Å². The molecule has 0 saturated carbocycles. The maximum Gasteiger partial charge on any atom is 0.258 e. The molecule has 0 spiro atoms. The second-order valence-electron chi connectivity index (χ2n) is 5.93. The summed E-state index contributed by atoms with van der Waals surface area (Å²) in [6.07, 6.45) is 0. The Morgan fingerprint density at radius 1 is 1.11 bits per heavy atom. The van der Waals surface area contributed by atoms with Crippen LogP contribution in [0, 0.1) is 6.92 Å². The predicted octanol–water partition coefficient (Wildman–Crippen LogP) is 4.55. The molecule has 0 bridgehead atoms. The molecule has 1 amide bonds. The van der Waals surface area contributed by atoms with Gasteiger partial charge in [0.15, 0.2) is 12.4 Å². The maximum atomic E-state index is 12.1. The summed E-state index contributed by atoms with van der Waals surface area (Å²) in [7, 11) is 1.61. The van der Waals surface area contributed by atoms with Gasteiger partial charge < -0.3 is 14.8 Å². The van der Waals surface area contributed by atoms with Crippen molar-refractivity contribution in [2.45, 2.75) is 13.5 Å². The van der Waals surface area contributed by atoms with Gasteiger partial charge in [-0.2, -0.15) is 0 Å². The molecule has 0 aliphatic rings. The fourth-order valence-electron chi connectivity index (χ4n) is 2.56. The number of hydrogen-bond acceptors (Lipinski definition) is 4. The second kappa shape index (κ2) is 8.46. The number of nitrogens with one attached hydrogen (secondary N) is 1. The molecule has 0 radical (unpaired) electrons. The smallest absolute Gasteiger partial charge is 0.258 e. The molecule has 0 unspecified atom stereocenters. The van der Waals surface area contributed by atoms with Gasteiger partial charge in [-0.05, 0) is 42.8 Å². The van der Waals surface area contributed by atoms with Gasteiger partial charge in [0, 0.05) is 17.6 Å². The lowest BCUT2D eigenvalue weighted by Crippen LogP contribution is -2.28. The summed E-state index contributed by atoms with van der Waals surface area (Å²) in [5, 5.41) is 4.32. The zero-order valence-corrected chi connectivity index (χ0v) is 16.4. The van der Waals surface area contributed by atoms with Crippen LogP contribution < -0.4 is 14.8 Å². The molecule has 7 heteroatoms. The molecule has 3 rings (SSSR count). The lowest BCUT2D eigenvalue weighted by Gasteiger charge is -2.12. The number of halogens is 2. The normalized spacial score (nSPS) is 10.7. The van der Waals surface area contributed by atoms with Crippen LogP contribution in [0.3, 0.4) is 0 Å². The second-order valence-corrected chi connectivity index (χ2v) is 6.75. The summed E-state index contributed by atoms with van der Waals surface area (Å²) < 4.78 is 10.8. The lowest BCUT2D eigenvalue weighted by atomic mass is 10.2. The van der Waals surface area contributed by atoms with Crippen LogP contribution in [-0.2, 0) is 11.3 Å². The maximum absolute atomic E-state index is 12.1. The Bertz CT molecular complexity index is 975. The Hall–Kier alpha value is -2.50. The quantitative estimate of drug-likeness (QED) is 0.654. The van der Waals surface area contributed by atoms with Gasteiger partial charge in [-0.15, -0.1) is 0 Å². The monoisotopic (exact) mass is 404 g/mol. The van der Waals surface area contributed by atoms with Gasteiger partial charge in [-0.3, -0.25) is 4.79 Å². The molecule has 5 nitrogen and oxygen atoms in total. The average Bonchev–Trinajstić information content (AvgIpc) is 2.66. The largest absolute Gasteiger partial charge is 0.497 e. The molecule has 2 aromatic carbocycles. The molecule has 0 aliphatic heterocycles. The van der Waals surface area contributed by atoms with Crippen LogP contribution in [0.1, 0.15) is 11.3 Å². The van der Waals surface area contributed by atoms with Gasteiger partial charge in [0.05, 0.1) is 17.2 Å². The van der Waals surface area contributed by atoms with Crippen molar-refractivity contribution in [1.29, 1.82) is 0 Å². The number of pyridine rings is 1. The minimum absolute atomic E-state index is 0.178. The van der Waals surface area contributed by atoms with Crippen molar-refractivity contribution in [3.8, 4) is 11.5 Å². The first kappa shape index (κ1) is 19.3. The minimum atomic E-state index is -0.266. The topological polar surface area (TPSA) is 60.5 Å². The first-order chi connectivity index (χ1) is 13.0. The fraction of sp³-hybridized carbons (Fsp3) is 0.200. The minimum Gasteiger partial charge on any atom is -0.497 e. The van der Waals surface area contributed by atoms with Gasteiger partial charge in [-0.25, -0.2) is 4.98 Å². The van der Waals surface area contributed by atoms with E-state index in [1.54, 1.807) is 13.2 Å². The summed E-state index contributed by atoms with van der Waals surface area (Å²) in [4.78, 5) is 16.6. The summed E-state index contributed by atoms with van der Waals surface area (Å²) in [5.41, 5.74) is 2.29. The van der Waals surface area contributed by atoms with E-state index >= 15 is 0 Å². The molecule has 140 valence electrons. The van der Waals surface area contributed by atoms with Crippen LogP contribution in [0.2, 0.25) is 10.0 Å². The first-order valence-electron chi connectivity index (χ1n) is 8.25. The van der Waals surface area contributed by atoms with E-state index in [0.29, 0.717) is 27.9 Å². The Morgan fingerprint density at radius 2 is 1.85 bits per heavy atom. The van der Waals surface area contributed by atoms with Gasteiger partial charge in [0.2, 0.25) is 0 Å². The summed E-state index contributed by atoms with van der Waals surface area (Å²) in [6.45, 7) is 2.07. The number of aryl methyl sites for hydroxylation is 1. The predicted molar refractivity (Wildman–Crippen MR) is 107 cm³/mol. The molecule has 27 heavy (non-hydrogen) atoms. The SMILES string of the molecule is COc1ccc(CNC(=O)COc2c(Cl)cc(Cl)c3ccc(C)nc23)cc1. The number of ether oxygens (including phenoxy) is 2. The van der Waals surface area contributed by atoms with Crippen molar-refractivity contribution >= 4 is 40.0 Å². The highest BCUT2D eigenvalue weighted by Gasteiger charge is 2.14. The van der Waals surface area contributed by atoms with Crippen molar-refractivity contribution < 1.29 is 14.3 Å². The van der Waals surface area contributed by atoms with Crippen LogP contribution in [-0.4, -0.2) is 24.6 Å². The van der Waals surface area contributed by atoms with Crippen LogP contribution in [0.25, 0.3) is 10.9 Å². The van der Waals surface area contributed by atoms with Crippen LogP contribution in [0.15, 0.2) is 42.5 Å². The van der Waals surface area contributed by atoms with E-state index in [2.05, 4.69) is 10.3 Å². The molecule has 1 aromatic heterocycles. The number of carbonyl (C=O) groups excluding carboxylic acids is 1. The van der Waals surface area contributed by atoms with E-state index in [4.69, 9.17) is 32.7 Å². The standard InChI is InChI=1S/C20H18Cl2N2O3/c1-12-3-8-15-16(21)9-17(22)20(19(15)24-12)27-11-18(25)23-10-13-4-6-14(26-2)7-5-13/h3-9H,10-11H2,1-2H3,(H,23,25). The van der Waals surface area contributed by atoms with Crippen molar-refractivity contribution in [2.24, 2.45) is 0 Å². The molecular weight excluding hydrogens is 387 g/mol. The first-order valence-corrected chi connectivity index (χ1v) is 9.01. The number of nitrogens with zero attached hydrogens (tertiary/aromatic N) is 1. The van der Waals surface area contributed by atoms with E-state index in [9.17, 15) is 4.79 Å². The van der Waals surface area contributed by atoms with E-state index in [0.717, 1.165) is 22.4 Å². The highest BCUT2D eigenvalue weighted by atomic mass is 35.5. The third kappa shape index (κ3) is 4.62. The fourth-order valence-corrected chi connectivity index (χ4v) is 3.13. The van der Waals surface area contributed by atoms with Crippen molar-refractivity contribution in [3.05, 3.63) is 63.8 Å². The Kier molecular flexibility index (Phi) is 6.04. The van der Waals surface area contributed by atoms with Gasteiger partial charge >= 0.3 is 0 Å². The Labute approximate surface area is 167 Å². The van der Waals surface area contributed by atoms with Crippen molar-refractivity contribution in [3.63, 3.8) is 0 Å². The third-order valence-electron chi connectivity index (χ3n) is 3.97. The lowest BCUT2D eigenvalue weighted by molar-refractivity contribution is -0.123. The van der Waals surface area contributed by atoms with E-state index in [-0.39, 0.29) is 12.5 Å². The van der Waals surface area contributed by atoms with Crippen LogP contribution in [0.5, 0.6) is 11.5 Å². The van der Waals surface area contributed by atoms with Crippen molar-refractivity contribution in [1.82, 2.24) is 10.3 Å². The Morgan fingerprint density at radius 3 is 2.56 bits per heavy atom. The molecular formula is C20H18Cl2N2O3. The summed E-state index contributed by atoms with van der Waals surface area (Å²) in [6, 6.07) is 12.7. The molecule has 0 aliphatic carbocycles. The number of benzene rings is 2. The van der Waals surface area contributed by atoms with Gasteiger partial charge in [-0.1, -0.05) is 35.3 Å². The number of amides is 1. The molecule has 1 heterocycles. The summed E-state index contributed by atoms with van der Waals surface area (Å²) >= 11 is 12.5. The van der Waals surface area contributed by atoms with Gasteiger partial charge in [0.1, 0.15) is 11.3 Å². The van der Waals surface area contributed by atoms with Gasteiger partial charge in [0.25, 0.3) is 5.91 Å². The Balaban J connectivity index is 1.67. The third-order valence-corrected chi connectivity index (χ3v) is 4.57. The zero-order chi connectivity index (χ0) is 19.4. The average molecular weight is 405 g/mol. The molecule has 0 atom stereocenters. The van der Waals surface area contributed by atoms with Crippen LogP contribution in [0.4, 0.5) is 0 Å². The molecule has 1 N–H and O–H groups in total. The highest BCUT2D eigenvalue weighted by Crippen LogP contribution is 2.37. The van der Waals surface area contributed by atoms with E-state index in [1.165, 1.54) is 0 Å². The molecule has 0 fully saturated rings.